The number of hydrogen-bond acceptors (Lipinski definition) is 5. The van der Waals surface area contributed by atoms with Crippen molar-refractivity contribution >= 4 is 22.2 Å². The summed E-state index contributed by atoms with van der Waals surface area (Å²) in [5.41, 5.74) is 0.478. The van der Waals surface area contributed by atoms with Gasteiger partial charge in [-0.1, -0.05) is 0 Å². The van der Waals surface area contributed by atoms with E-state index >= 15 is 0 Å². The summed E-state index contributed by atoms with van der Waals surface area (Å²) in [7, 11) is 0. The molecule has 0 unspecified atom stereocenters. The van der Waals surface area contributed by atoms with Crippen molar-refractivity contribution in [1.82, 2.24) is 4.90 Å². The van der Waals surface area contributed by atoms with Gasteiger partial charge < -0.3 is 10.4 Å². The van der Waals surface area contributed by atoms with Crippen LogP contribution in [0.25, 0.3) is 0 Å². The fourth-order valence-electron chi connectivity index (χ4n) is 1.49. The minimum atomic E-state index is -0.170. The molecule has 5 nitrogen and oxygen atoms in total. The van der Waals surface area contributed by atoms with Crippen molar-refractivity contribution in [3.8, 4) is 6.07 Å². The standard InChI is InChI=1S/C12H17N3O2S/c1-9(2)15(4-5-16)8-11(17)14-12-10(7-13)3-6-18-12/h3,6,9,16H,4-5,8H2,1-2H3,(H,14,17). The van der Waals surface area contributed by atoms with E-state index < -0.39 is 0 Å². The van der Waals surface area contributed by atoms with Gasteiger partial charge in [0.1, 0.15) is 11.1 Å². The van der Waals surface area contributed by atoms with Crippen LogP contribution in [0.4, 0.5) is 5.00 Å². The van der Waals surface area contributed by atoms with Crippen LogP contribution in [0.1, 0.15) is 19.4 Å². The second-order valence-corrected chi connectivity index (χ2v) is 5.03. The molecule has 0 aromatic carbocycles. The first-order valence-electron chi connectivity index (χ1n) is 5.70. The Labute approximate surface area is 111 Å². The molecule has 0 radical (unpaired) electrons. The first kappa shape index (κ1) is 14.6. The molecule has 18 heavy (non-hydrogen) atoms. The van der Waals surface area contributed by atoms with E-state index in [-0.39, 0.29) is 25.1 Å². The Hall–Kier alpha value is -1.42. The molecule has 2 N–H and O–H groups in total. The van der Waals surface area contributed by atoms with Crippen molar-refractivity contribution < 1.29 is 9.90 Å². The van der Waals surface area contributed by atoms with Crippen LogP contribution in [0, 0.1) is 11.3 Å². The summed E-state index contributed by atoms with van der Waals surface area (Å²) < 4.78 is 0. The summed E-state index contributed by atoms with van der Waals surface area (Å²) >= 11 is 1.33. The van der Waals surface area contributed by atoms with Crippen LogP contribution in [0.5, 0.6) is 0 Å². The van der Waals surface area contributed by atoms with Gasteiger partial charge in [0, 0.05) is 12.6 Å². The third-order valence-electron chi connectivity index (χ3n) is 2.50. The predicted octanol–water partition coefficient (Wildman–Crippen LogP) is 1.26. The Kier molecular flexibility index (Phi) is 5.78. The number of anilines is 1. The Morgan fingerprint density at radius 2 is 2.39 bits per heavy atom. The van der Waals surface area contributed by atoms with E-state index in [4.69, 9.17) is 10.4 Å². The number of nitriles is 1. The van der Waals surface area contributed by atoms with Gasteiger partial charge in [-0.3, -0.25) is 9.69 Å². The smallest absolute Gasteiger partial charge is 0.239 e. The summed E-state index contributed by atoms with van der Waals surface area (Å²) in [5.74, 6) is -0.170. The number of amides is 1. The number of carbonyl (C=O) groups is 1. The van der Waals surface area contributed by atoms with Gasteiger partial charge in [0.2, 0.25) is 5.91 Å². The minimum absolute atomic E-state index is 0.0217. The molecule has 0 saturated carbocycles. The Morgan fingerprint density at radius 1 is 1.67 bits per heavy atom. The minimum Gasteiger partial charge on any atom is -0.395 e. The van der Waals surface area contributed by atoms with Crippen molar-refractivity contribution in [3.63, 3.8) is 0 Å². The zero-order chi connectivity index (χ0) is 13.5. The SMILES string of the molecule is CC(C)N(CCO)CC(=O)Nc1sccc1C#N. The Balaban J connectivity index is 2.58. The molecule has 1 amide bonds. The van der Waals surface area contributed by atoms with Crippen LogP contribution in [0.3, 0.4) is 0 Å². The molecular weight excluding hydrogens is 250 g/mol. The van der Waals surface area contributed by atoms with Crippen LogP contribution < -0.4 is 5.32 Å². The summed E-state index contributed by atoms with van der Waals surface area (Å²) in [6.45, 7) is 4.62. The summed E-state index contributed by atoms with van der Waals surface area (Å²) in [6, 6.07) is 3.88. The van der Waals surface area contributed by atoms with Crippen LogP contribution in [-0.4, -0.2) is 41.7 Å². The molecule has 0 aliphatic carbocycles. The number of carbonyl (C=O) groups excluding carboxylic acids is 1. The highest BCUT2D eigenvalue weighted by Gasteiger charge is 2.15. The highest BCUT2D eigenvalue weighted by atomic mass is 32.1. The van der Waals surface area contributed by atoms with E-state index in [1.807, 2.05) is 24.8 Å². The van der Waals surface area contributed by atoms with Gasteiger partial charge in [-0.25, -0.2) is 0 Å². The van der Waals surface area contributed by atoms with Crippen molar-refractivity contribution in [2.75, 3.05) is 25.0 Å². The van der Waals surface area contributed by atoms with E-state index in [1.165, 1.54) is 11.3 Å². The third kappa shape index (κ3) is 4.11. The van der Waals surface area contributed by atoms with Crippen LogP contribution in [-0.2, 0) is 4.79 Å². The molecule has 1 aromatic rings. The largest absolute Gasteiger partial charge is 0.395 e. The zero-order valence-electron chi connectivity index (χ0n) is 10.5. The molecular formula is C12H17N3O2S. The number of hydrogen-bond donors (Lipinski definition) is 2. The van der Waals surface area contributed by atoms with Crippen LogP contribution in [0.2, 0.25) is 0 Å². The van der Waals surface area contributed by atoms with E-state index in [0.717, 1.165) is 0 Å². The monoisotopic (exact) mass is 267 g/mol. The maximum Gasteiger partial charge on any atom is 0.239 e. The van der Waals surface area contributed by atoms with E-state index in [2.05, 4.69) is 5.32 Å². The number of aliphatic hydroxyl groups excluding tert-OH is 1. The molecule has 0 aliphatic rings. The van der Waals surface area contributed by atoms with Gasteiger partial charge in [0.25, 0.3) is 0 Å². The predicted molar refractivity (Wildman–Crippen MR) is 71.5 cm³/mol. The number of nitrogens with one attached hydrogen (secondary N) is 1. The number of aliphatic hydroxyl groups is 1. The second kappa shape index (κ2) is 7.11. The maximum atomic E-state index is 11.8. The average molecular weight is 267 g/mol. The highest BCUT2D eigenvalue weighted by molar-refractivity contribution is 7.14. The van der Waals surface area contributed by atoms with E-state index in [9.17, 15) is 4.79 Å². The number of nitrogens with zero attached hydrogens (tertiary/aromatic N) is 2. The molecule has 0 saturated heterocycles. The van der Waals surface area contributed by atoms with Crippen LogP contribution >= 0.6 is 11.3 Å². The molecule has 6 heteroatoms. The highest BCUT2D eigenvalue weighted by Crippen LogP contribution is 2.21. The molecule has 0 atom stereocenters. The van der Waals surface area contributed by atoms with E-state index in [0.29, 0.717) is 17.1 Å². The molecule has 0 bridgehead atoms. The lowest BCUT2D eigenvalue weighted by atomic mass is 10.3. The second-order valence-electron chi connectivity index (χ2n) is 4.11. The molecule has 1 aromatic heterocycles. The molecule has 0 spiro atoms. The zero-order valence-corrected chi connectivity index (χ0v) is 11.3. The van der Waals surface area contributed by atoms with Crippen molar-refractivity contribution in [3.05, 3.63) is 17.0 Å². The summed E-state index contributed by atoms with van der Waals surface area (Å²) in [6.07, 6.45) is 0. The lowest BCUT2D eigenvalue weighted by Crippen LogP contribution is -2.39. The Bertz CT molecular complexity index is 437. The maximum absolute atomic E-state index is 11.8. The molecule has 1 rings (SSSR count). The van der Waals surface area contributed by atoms with Crippen LogP contribution in [0.15, 0.2) is 11.4 Å². The Morgan fingerprint density at radius 3 is 2.94 bits per heavy atom. The summed E-state index contributed by atoms with van der Waals surface area (Å²) in [5, 5.41) is 22.8. The fraction of sp³-hybridized carbons (Fsp3) is 0.500. The molecule has 0 aliphatic heterocycles. The van der Waals surface area contributed by atoms with Crippen molar-refractivity contribution in [1.29, 1.82) is 5.26 Å². The summed E-state index contributed by atoms with van der Waals surface area (Å²) in [4.78, 5) is 13.7. The number of rotatable bonds is 6. The van der Waals surface area contributed by atoms with Gasteiger partial charge >= 0.3 is 0 Å². The lowest BCUT2D eigenvalue weighted by molar-refractivity contribution is -0.117. The third-order valence-corrected chi connectivity index (χ3v) is 3.33. The number of thiophene rings is 1. The molecule has 0 fully saturated rings. The van der Waals surface area contributed by atoms with Gasteiger partial charge in [0.05, 0.1) is 18.7 Å². The quantitative estimate of drug-likeness (QED) is 0.813. The normalized spacial score (nSPS) is 10.7. The van der Waals surface area contributed by atoms with Crippen molar-refractivity contribution in [2.24, 2.45) is 0 Å². The molecule has 98 valence electrons. The van der Waals surface area contributed by atoms with Gasteiger partial charge in [0.15, 0.2) is 0 Å². The van der Waals surface area contributed by atoms with Gasteiger partial charge in [-0.2, -0.15) is 5.26 Å². The van der Waals surface area contributed by atoms with Gasteiger partial charge in [-0.15, -0.1) is 11.3 Å². The first-order valence-corrected chi connectivity index (χ1v) is 6.58. The molecule has 1 heterocycles. The first-order chi connectivity index (χ1) is 8.58. The average Bonchev–Trinajstić information content (AvgIpc) is 2.75. The van der Waals surface area contributed by atoms with Gasteiger partial charge in [-0.05, 0) is 25.3 Å². The fourth-order valence-corrected chi connectivity index (χ4v) is 2.25. The lowest BCUT2D eigenvalue weighted by Gasteiger charge is -2.24. The van der Waals surface area contributed by atoms with Crippen molar-refractivity contribution in [2.45, 2.75) is 19.9 Å². The van der Waals surface area contributed by atoms with E-state index in [1.54, 1.807) is 11.4 Å². The topological polar surface area (TPSA) is 76.4 Å².